The SMILES string of the molecule is O=C(Nc1cc(Cl)ccc1Cl)[C@@H]1CCCN1C(=O)c1cc2c(s1)CCC2. The Morgan fingerprint density at radius 3 is 2.81 bits per heavy atom. The van der Waals surface area contributed by atoms with Crippen LogP contribution in [-0.4, -0.2) is 29.3 Å². The second kappa shape index (κ2) is 7.22. The third kappa shape index (κ3) is 3.36. The van der Waals surface area contributed by atoms with E-state index in [1.165, 1.54) is 16.9 Å². The van der Waals surface area contributed by atoms with Gasteiger partial charge < -0.3 is 10.2 Å². The highest BCUT2D eigenvalue weighted by Crippen LogP contribution is 2.33. The topological polar surface area (TPSA) is 49.4 Å². The highest BCUT2D eigenvalue weighted by atomic mass is 35.5. The zero-order chi connectivity index (χ0) is 18.3. The molecule has 2 aliphatic rings. The summed E-state index contributed by atoms with van der Waals surface area (Å²) >= 11 is 13.7. The van der Waals surface area contributed by atoms with E-state index in [0.29, 0.717) is 28.7 Å². The van der Waals surface area contributed by atoms with Crippen LogP contribution < -0.4 is 5.32 Å². The Morgan fingerprint density at radius 2 is 2.00 bits per heavy atom. The van der Waals surface area contributed by atoms with Gasteiger partial charge in [-0.05, 0) is 61.9 Å². The lowest BCUT2D eigenvalue weighted by Gasteiger charge is -2.23. The predicted molar refractivity (Wildman–Crippen MR) is 105 cm³/mol. The number of anilines is 1. The molecule has 0 spiro atoms. The number of halogens is 2. The lowest BCUT2D eigenvalue weighted by molar-refractivity contribution is -0.119. The number of benzene rings is 1. The van der Waals surface area contributed by atoms with Crippen LogP contribution in [0.1, 0.15) is 39.4 Å². The molecule has 4 rings (SSSR count). The molecule has 2 amide bonds. The molecule has 1 N–H and O–H groups in total. The van der Waals surface area contributed by atoms with Gasteiger partial charge in [-0.15, -0.1) is 11.3 Å². The van der Waals surface area contributed by atoms with Crippen LogP contribution in [-0.2, 0) is 17.6 Å². The fourth-order valence-corrected chi connectivity index (χ4v) is 5.21. The molecule has 4 nitrogen and oxygen atoms in total. The summed E-state index contributed by atoms with van der Waals surface area (Å²) in [6.45, 7) is 0.600. The van der Waals surface area contributed by atoms with Crippen LogP contribution in [0, 0.1) is 0 Å². The van der Waals surface area contributed by atoms with Crippen LogP contribution >= 0.6 is 34.5 Å². The quantitative estimate of drug-likeness (QED) is 0.793. The molecular formula is C19H18Cl2N2O2S. The Morgan fingerprint density at radius 1 is 1.15 bits per heavy atom. The van der Waals surface area contributed by atoms with E-state index in [1.54, 1.807) is 34.4 Å². The number of carbonyl (C=O) groups is 2. The van der Waals surface area contributed by atoms with Gasteiger partial charge in [0.05, 0.1) is 15.6 Å². The van der Waals surface area contributed by atoms with Crippen molar-refractivity contribution in [3.05, 3.63) is 49.6 Å². The van der Waals surface area contributed by atoms with E-state index in [1.807, 2.05) is 6.07 Å². The predicted octanol–water partition coefficient (Wildman–Crippen LogP) is 4.79. The maximum Gasteiger partial charge on any atom is 0.264 e. The van der Waals surface area contributed by atoms with Crippen LogP contribution in [0.15, 0.2) is 24.3 Å². The summed E-state index contributed by atoms with van der Waals surface area (Å²) in [6.07, 6.45) is 4.75. The number of rotatable bonds is 3. The van der Waals surface area contributed by atoms with Gasteiger partial charge in [0.2, 0.25) is 5.91 Å². The Bertz CT molecular complexity index is 859. The van der Waals surface area contributed by atoms with E-state index >= 15 is 0 Å². The van der Waals surface area contributed by atoms with E-state index in [-0.39, 0.29) is 11.8 Å². The molecule has 1 fully saturated rings. The standard InChI is InChI=1S/C19H18Cl2N2O2S/c20-12-6-7-13(21)14(10-12)22-18(24)15-4-2-8-23(15)19(25)17-9-11-3-1-5-16(11)26-17/h6-7,9-10,15H,1-5,8H2,(H,22,24)/t15-/m0/s1. The van der Waals surface area contributed by atoms with Crippen LogP contribution in [0.4, 0.5) is 5.69 Å². The fourth-order valence-electron chi connectivity index (χ4n) is 3.67. The van der Waals surface area contributed by atoms with Crippen molar-refractivity contribution in [2.45, 2.75) is 38.1 Å². The maximum atomic E-state index is 13.0. The number of thiophene rings is 1. The number of nitrogens with zero attached hydrogens (tertiary/aromatic N) is 1. The molecule has 0 saturated carbocycles. The van der Waals surface area contributed by atoms with E-state index in [2.05, 4.69) is 5.32 Å². The van der Waals surface area contributed by atoms with Gasteiger partial charge in [0.25, 0.3) is 5.91 Å². The van der Waals surface area contributed by atoms with Gasteiger partial charge in [-0.1, -0.05) is 23.2 Å². The number of hydrogen-bond donors (Lipinski definition) is 1. The average Bonchev–Trinajstić information content (AvgIpc) is 3.32. The van der Waals surface area contributed by atoms with Crippen LogP contribution in [0.5, 0.6) is 0 Å². The second-order valence-electron chi connectivity index (χ2n) is 6.68. The van der Waals surface area contributed by atoms with Crippen molar-refractivity contribution in [2.75, 3.05) is 11.9 Å². The van der Waals surface area contributed by atoms with Gasteiger partial charge in [0.15, 0.2) is 0 Å². The molecule has 1 saturated heterocycles. The van der Waals surface area contributed by atoms with E-state index in [4.69, 9.17) is 23.2 Å². The lowest BCUT2D eigenvalue weighted by atomic mass is 10.2. The van der Waals surface area contributed by atoms with Crippen LogP contribution in [0.2, 0.25) is 10.0 Å². The molecule has 7 heteroatoms. The zero-order valence-corrected chi connectivity index (χ0v) is 16.4. The molecule has 1 aromatic carbocycles. The molecular weight excluding hydrogens is 391 g/mol. The molecule has 1 aliphatic carbocycles. The molecule has 1 aromatic heterocycles. The largest absolute Gasteiger partial charge is 0.326 e. The van der Waals surface area contributed by atoms with Crippen molar-refractivity contribution >= 4 is 52.0 Å². The minimum atomic E-state index is -0.477. The van der Waals surface area contributed by atoms with Gasteiger partial charge >= 0.3 is 0 Å². The van der Waals surface area contributed by atoms with Gasteiger partial charge in [0.1, 0.15) is 6.04 Å². The number of carbonyl (C=O) groups excluding carboxylic acids is 2. The Hall–Kier alpha value is -1.56. The molecule has 1 atom stereocenters. The molecule has 2 aromatic rings. The van der Waals surface area contributed by atoms with Gasteiger partial charge in [0, 0.05) is 16.4 Å². The Balaban J connectivity index is 1.51. The monoisotopic (exact) mass is 408 g/mol. The first kappa shape index (κ1) is 17.8. The maximum absolute atomic E-state index is 13.0. The normalized spacial score (nSPS) is 18.8. The summed E-state index contributed by atoms with van der Waals surface area (Å²) in [5.41, 5.74) is 1.77. The molecule has 136 valence electrons. The third-order valence-electron chi connectivity index (χ3n) is 4.96. The molecule has 0 bridgehead atoms. The van der Waals surface area contributed by atoms with Gasteiger partial charge in [-0.25, -0.2) is 0 Å². The molecule has 1 aliphatic heterocycles. The summed E-state index contributed by atoms with van der Waals surface area (Å²) in [4.78, 5) is 29.5. The van der Waals surface area contributed by atoms with Crippen molar-refractivity contribution in [1.29, 1.82) is 0 Å². The fraction of sp³-hybridized carbons (Fsp3) is 0.368. The summed E-state index contributed by atoms with van der Waals surface area (Å²) in [6, 6.07) is 6.46. The highest BCUT2D eigenvalue weighted by Gasteiger charge is 2.35. The first-order chi connectivity index (χ1) is 12.5. The van der Waals surface area contributed by atoms with Crippen molar-refractivity contribution in [1.82, 2.24) is 4.90 Å². The third-order valence-corrected chi connectivity index (χ3v) is 6.75. The summed E-state index contributed by atoms with van der Waals surface area (Å²) in [5.74, 6) is -0.261. The lowest BCUT2D eigenvalue weighted by Crippen LogP contribution is -2.43. The minimum absolute atomic E-state index is 0.0424. The number of amides is 2. The Labute approximate surface area is 166 Å². The van der Waals surface area contributed by atoms with Crippen LogP contribution in [0.3, 0.4) is 0 Å². The number of likely N-dealkylation sites (tertiary alicyclic amines) is 1. The summed E-state index contributed by atoms with van der Waals surface area (Å²) in [7, 11) is 0. The average molecular weight is 409 g/mol. The first-order valence-electron chi connectivity index (χ1n) is 8.71. The number of nitrogens with one attached hydrogen (secondary N) is 1. The van der Waals surface area contributed by atoms with Crippen LogP contribution in [0.25, 0.3) is 0 Å². The highest BCUT2D eigenvalue weighted by molar-refractivity contribution is 7.14. The molecule has 0 unspecified atom stereocenters. The number of fused-ring (bicyclic) bond motifs is 1. The molecule has 2 heterocycles. The van der Waals surface area contributed by atoms with E-state index in [9.17, 15) is 9.59 Å². The van der Waals surface area contributed by atoms with Gasteiger partial charge in [-0.2, -0.15) is 0 Å². The Kier molecular flexibility index (Phi) is 4.95. The smallest absolute Gasteiger partial charge is 0.264 e. The minimum Gasteiger partial charge on any atom is -0.326 e. The van der Waals surface area contributed by atoms with Crippen molar-refractivity contribution in [3.63, 3.8) is 0 Å². The number of hydrogen-bond acceptors (Lipinski definition) is 3. The van der Waals surface area contributed by atoms with E-state index < -0.39 is 6.04 Å². The summed E-state index contributed by atoms with van der Waals surface area (Å²) in [5, 5.41) is 3.74. The second-order valence-corrected chi connectivity index (χ2v) is 8.66. The number of aryl methyl sites for hydroxylation is 2. The van der Waals surface area contributed by atoms with Gasteiger partial charge in [-0.3, -0.25) is 9.59 Å². The molecule has 26 heavy (non-hydrogen) atoms. The van der Waals surface area contributed by atoms with Crippen molar-refractivity contribution in [2.24, 2.45) is 0 Å². The van der Waals surface area contributed by atoms with Crippen molar-refractivity contribution in [3.8, 4) is 0 Å². The van der Waals surface area contributed by atoms with Crippen molar-refractivity contribution < 1.29 is 9.59 Å². The molecule has 0 radical (unpaired) electrons. The zero-order valence-electron chi connectivity index (χ0n) is 14.1. The summed E-state index contributed by atoms with van der Waals surface area (Å²) < 4.78 is 0. The first-order valence-corrected chi connectivity index (χ1v) is 10.3. The van der Waals surface area contributed by atoms with E-state index in [0.717, 1.165) is 24.1 Å².